The second kappa shape index (κ2) is 9.44. The zero-order valence-electron chi connectivity index (χ0n) is 19.5. The van der Waals surface area contributed by atoms with Gasteiger partial charge in [0.15, 0.2) is 0 Å². The summed E-state index contributed by atoms with van der Waals surface area (Å²) in [4.78, 5) is 31.3. The highest BCUT2D eigenvalue weighted by Gasteiger charge is 2.23. The van der Waals surface area contributed by atoms with Gasteiger partial charge in [-0.1, -0.05) is 6.07 Å². The molecule has 5 rings (SSSR count). The predicted octanol–water partition coefficient (Wildman–Crippen LogP) is 4.61. The molecule has 0 bridgehead atoms. The number of hydrogen-bond donors (Lipinski definition) is 3. The fraction of sp³-hybridized carbons (Fsp3) is 0.320. The first kappa shape index (κ1) is 22.4. The van der Waals surface area contributed by atoms with Crippen molar-refractivity contribution in [2.75, 3.05) is 36.4 Å². The molecule has 4 N–H and O–H groups in total. The van der Waals surface area contributed by atoms with Crippen molar-refractivity contribution in [3.8, 4) is 10.6 Å². The Hall–Kier alpha value is -3.43. The molecule has 0 unspecified atom stereocenters. The van der Waals surface area contributed by atoms with Crippen molar-refractivity contribution in [3.63, 3.8) is 0 Å². The van der Waals surface area contributed by atoms with Gasteiger partial charge < -0.3 is 25.8 Å². The number of rotatable bonds is 7. The summed E-state index contributed by atoms with van der Waals surface area (Å²) in [7, 11) is 0. The molecule has 34 heavy (non-hydrogen) atoms. The van der Waals surface area contributed by atoms with E-state index in [1.165, 1.54) is 10.4 Å². The van der Waals surface area contributed by atoms with E-state index in [4.69, 9.17) is 15.7 Å². The third-order valence-electron chi connectivity index (χ3n) is 6.21. The Kier molecular flexibility index (Phi) is 6.21. The topological polar surface area (TPSA) is 103 Å². The molecule has 0 atom stereocenters. The highest BCUT2D eigenvalue weighted by atomic mass is 32.1. The van der Waals surface area contributed by atoms with Crippen LogP contribution in [0.4, 0.5) is 17.3 Å². The number of likely N-dealkylation sites (N-methyl/N-ethyl adjacent to an activating group) is 1. The van der Waals surface area contributed by atoms with Crippen molar-refractivity contribution < 1.29 is 7.65 Å². The zero-order chi connectivity index (χ0) is 23.7. The van der Waals surface area contributed by atoms with Gasteiger partial charge >= 0.3 is 0 Å². The lowest BCUT2D eigenvalue weighted by atomic mass is 10.1. The van der Waals surface area contributed by atoms with E-state index in [2.05, 4.69) is 40.3 Å². The minimum atomic E-state index is 0. The number of aromatic amines is 1. The molecule has 1 aliphatic rings. The molecule has 4 heterocycles. The monoisotopic (exact) mass is 479 g/mol. The largest absolute Gasteiger partial charge is 0.370 e. The summed E-state index contributed by atoms with van der Waals surface area (Å²) in [5, 5.41) is 4.38. The Bertz CT molecular complexity index is 1340. The smallest absolute Gasteiger partial charge is 0.229 e. The summed E-state index contributed by atoms with van der Waals surface area (Å²) in [5.41, 5.74) is 10.7. The van der Waals surface area contributed by atoms with Crippen LogP contribution in [0.3, 0.4) is 0 Å². The Morgan fingerprint density at radius 1 is 1.32 bits per heavy atom. The second-order valence-corrected chi connectivity index (χ2v) is 9.57. The molecule has 0 aliphatic carbocycles. The molecule has 1 aromatic carbocycles. The van der Waals surface area contributed by atoms with Gasteiger partial charge in [-0.05, 0) is 49.2 Å². The maximum Gasteiger partial charge on any atom is 0.229 e. The average Bonchev–Trinajstić information content (AvgIpc) is 3.48. The van der Waals surface area contributed by atoms with Crippen molar-refractivity contribution in [1.82, 2.24) is 19.9 Å². The van der Waals surface area contributed by atoms with E-state index < -0.39 is 0 Å². The number of anilines is 3. The van der Waals surface area contributed by atoms with Crippen LogP contribution in [0.5, 0.6) is 0 Å². The Balaban J connectivity index is 0.00000180. The van der Waals surface area contributed by atoms with Gasteiger partial charge in [0.05, 0.1) is 10.6 Å². The van der Waals surface area contributed by atoms with Crippen LogP contribution < -0.4 is 16.0 Å². The van der Waals surface area contributed by atoms with Crippen molar-refractivity contribution in [3.05, 3.63) is 53.0 Å². The average molecular weight is 480 g/mol. The van der Waals surface area contributed by atoms with Crippen LogP contribution in [0.2, 0.25) is 0 Å². The van der Waals surface area contributed by atoms with Gasteiger partial charge in [0, 0.05) is 70.3 Å². The van der Waals surface area contributed by atoms with Crippen molar-refractivity contribution in [1.29, 1.82) is 0 Å². The highest BCUT2D eigenvalue weighted by molar-refractivity contribution is 7.15. The van der Waals surface area contributed by atoms with Crippen LogP contribution in [0.15, 0.2) is 42.6 Å². The molecule has 0 fully saturated rings. The number of nitrogens with one attached hydrogen (secondary N) is 2. The molecule has 3 aromatic heterocycles. The van der Waals surface area contributed by atoms with E-state index >= 15 is 0 Å². The third-order valence-corrected chi connectivity index (χ3v) is 7.45. The minimum absolute atomic E-state index is 0. The van der Waals surface area contributed by atoms with Gasteiger partial charge in [-0.15, -0.1) is 11.3 Å². The Morgan fingerprint density at radius 3 is 3.00 bits per heavy atom. The molecule has 0 spiro atoms. The first-order chi connectivity index (χ1) is 16.6. The van der Waals surface area contributed by atoms with Crippen LogP contribution in [0, 0.1) is 0 Å². The highest BCUT2D eigenvalue weighted by Crippen LogP contribution is 2.37. The van der Waals surface area contributed by atoms with Gasteiger partial charge in [-0.25, -0.2) is 4.98 Å². The van der Waals surface area contributed by atoms with E-state index in [1.54, 1.807) is 18.3 Å². The van der Waals surface area contributed by atoms with Gasteiger partial charge in [0.1, 0.15) is 5.65 Å². The quantitative estimate of drug-likeness (QED) is 0.358. The van der Waals surface area contributed by atoms with Gasteiger partial charge in [0.25, 0.3) is 0 Å². The molecule has 4 aromatic rings. The van der Waals surface area contributed by atoms with E-state index in [-0.39, 0.29) is 8.76 Å². The lowest BCUT2D eigenvalue weighted by molar-refractivity contribution is -0.129. The van der Waals surface area contributed by atoms with Crippen molar-refractivity contribution in [2.45, 2.75) is 26.8 Å². The predicted molar refractivity (Wildman–Crippen MR) is 143 cm³/mol. The van der Waals surface area contributed by atoms with Crippen molar-refractivity contribution in [2.24, 2.45) is 5.73 Å². The van der Waals surface area contributed by atoms with E-state index in [1.807, 2.05) is 29.3 Å². The number of benzene rings is 1. The fourth-order valence-electron chi connectivity index (χ4n) is 4.44. The van der Waals surface area contributed by atoms with Crippen LogP contribution in [0.25, 0.3) is 21.6 Å². The minimum Gasteiger partial charge on any atom is -0.370 e. The maximum absolute atomic E-state index is 11.9. The summed E-state index contributed by atoms with van der Waals surface area (Å²) in [6.07, 6.45) is 2.78. The molecule has 9 heteroatoms. The number of carbonyl (C=O) groups is 1. The summed E-state index contributed by atoms with van der Waals surface area (Å²) in [6, 6.07) is 12.4. The number of hydrogen-bond acceptors (Lipinski definition) is 7. The van der Waals surface area contributed by atoms with Crippen LogP contribution in [-0.4, -0.2) is 51.9 Å². The van der Waals surface area contributed by atoms with Gasteiger partial charge in [0.2, 0.25) is 11.9 Å². The van der Waals surface area contributed by atoms with Gasteiger partial charge in [-0.3, -0.25) is 4.79 Å². The molecule has 0 radical (unpaired) electrons. The van der Waals surface area contributed by atoms with E-state index in [0.717, 1.165) is 59.0 Å². The standard InChI is InChI=1S/C25H29N7OS.2H2/c1-3-31(12-9-26)19-6-4-5-18(14-19)28-25-29-23(20-7-10-27-24(20)30-25)22-13-17-15-32(16(2)33)11-8-21(17)34-22;;/h4-7,10,13-14H,3,8-9,11-12,15,26H2,1-2H3,(H2,27,28,29,30);2*1H. The first-order valence-corrected chi connectivity index (χ1v) is 12.4. The number of nitrogens with two attached hydrogens (primary N) is 1. The lowest BCUT2D eigenvalue weighted by Crippen LogP contribution is -2.33. The molecule has 0 saturated carbocycles. The molecule has 1 amide bonds. The van der Waals surface area contributed by atoms with Crippen LogP contribution in [-0.2, 0) is 17.8 Å². The molecule has 180 valence electrons. The second-order valence-electron chi connectivity index (χ2n) is 8.43. The molecule has 1 aliphatic heterocycles. The van der Waals surface area contributed by atoms with Crippen LogP contribution in [0.1, 0.15) is 27.1 Å². The summed E-state index contributed by atoms with van der Waals surface area (Å²) in [6.45, 7) is 7.50. The number of amides is 1. The number of H-pyrrole nitrogens is 1. The SMILES string of the molecule is CCN(CCN)c1cccc(Nc2nc(-c3cc4c(s3)CCN(C(C)=O)C4)c3cc[nH]c3n2)c1.[HH].[HH]. The van der Waals surface area contributed by atoms with E-state index in [0.29, 0.717) is 19.0 Å². The third kappa shape index (κ3) is 4.36. The summed E-state index contributed by atoms with van der Waals surface area (Å²) >= 11 is 1.76. The summed E-state index contributed by atoms with van der Waals surface area (Å²) < 4.78 is 0. The number of fused-ring (bicyclic) bond motifs is 2. The number of nitrogens with zero attached hydrogens (tertiary/aromatic N) is 4. The number of thiophene rings is 1. The fourth-order valence-corrected chi connectivity index (χ4v) is 5.61. The molecular weight excluding hydrogens is 446 g/mol. The number of carbonyl (C=O) groups excluding carboxylic acids is 1. The van der Waals surface area contributed by atoms with Gasteiger partial charge in [-0.2, -0.15) is 4.98 Å². The molecule has 0 saturated heterocycles. The summed E-state index contributed by atoms with van der Waals surface area (Å²) in [5.74, 6) is 0.663. The molecule has 8 nitrogen and oxygen atoms in total. The Morgan fingerprint density at radius 2 is 2.21 bits per heavy atom. The number of aromatic nitrogens is 3. The zero-order valence-corrected chi connectivity index (χ0v) is 20.3. The maximum atomic E-state index is 11.9. The molecular formula is C25H33N7OS. The van der Waals surface area contributed by atoms with Crippen LogP contribution >= 0.6 is 11.3 Å². The first-order valence-electron chi connectivity index (χ1n) is 11.6. The Labute approximate surface area is 205 Å². The van der Waals surface area contributed by atoms with Crippen molar-refractivity contribution >= 4 is 45.6 Å². The normalized spacial score (nSPS) is 13.2. The van der Waals surface area contributed by atoms with E-state index in [9.17, 15) is 4.79 Å². The lowest BCUT2D eigenvalue weighted by Gasteiger charge is -2.25.